The van der Waals surface area contributed by atoms with Crippen LogP contribution in [0.3, 0.4) is 0 Å². The molecule has 19 heavy (non-hydrogen) atoms. The minimum atomic E-state index is 0.520. The summed E-state index contributed by atoms with van der Waals surface area (Å²) in [4.78, 5) is 4.95. The van der Waals surface area contributed by atoms with Crippen molar-refractivity contribution in [3.05, 3.63) is 0 Å². The standard InChI is InChI=1S/C15H33N3O/c1-13(2)10-16-11-15(12-19-5)18-8-6-14(7-9-18)17(3)4/h13-16H,6-12H2,1-5H3. The molecule has 1 aliphatic rings. The lowest BCUT2D eigenvalue weighted by Crippen LogP contribution is -2.51. The first-order chi connectivity index (χ1) is 9.04. The van der Waals surface area contributed by atoms with Crippen LogP contribution in [0.15, 0.2) is 0 Å². The molecule has 0 amide bonds. The van der Waals surface area contributed by atoms with Gasteiger partial charge < -0.3 is 15.0 Å². The van der Waals surface area contributed by atoms with E-state index in [0.717, 1.165) is 25.7 Å². The molecule has 1 fully saturated rings. The van der Waals surface area contributed by atoms with Gasteiger partial charge in [0.05, 0.1) is 6.61 Å². The number of rotatable bonds is 8. The molecule has 4 heteroatoms. The minimum absolute atomic E-state index is 0.520. The Kier molecular flexibility index (Phi) is 7.91. The molecule has 1 rings (SSSR count). The number of methoxy groups -OCH3 is 1. The third kappa shape index (κ3) is 6.21. The Labute approximate surface area is 119 Å². The van der Waals surface area contributed by atoms with Crippen LogP contribution in [-0.2, 0) is 4.74 Å². The van der Waals surface area contributed by atoms with E-state index in [9.17, 15) is 0 Å². The molecule has 4 nitrogen and oxygen atoms in total. The first-order valence-corrected chi connectivity index (χ1v) is 7.64. The molecule has 1 atom stereocenters. The Balaban J connectivity index is 2.35. The lowest BCUT2D eigenvalue weighted by atomic mass is 10.0. The van der Waals surface area contributed by atoms with Crippen molar-refractivity contribution in [3.63, 3.8) is 0 Å². The zero-order chi connectivity index (χ0) is 14.3. The summed E-state index contributed by atoms with van der Waals surface area (Å²) in [5.41, 5.74) is 0. The Hall–Kier alpha value is -0.160. The van der Waals surface area contributed by atoms with Crippen molar-refractivity contribution in [2.75, 3.05) is 54.0 Å². The summed E-state index contributed by atoms with van der Waals surface area (Å²) in [6.07, 6.45) is 2.55. The maximum Gasteiger partial charge on any atom is 0.0630 e. The number of likely N-dealkylation sites (tertiary alicyclic amines) is 1. The van der Waals surface area contributed by atoms with Crippen LogP contribution in [-0.4, -0.2) is 75.9 Å². The molecule has 114 valence electrons. The maximum absolute atomic E-state index is 5.40. The number of hydrogen-bond acceptors (Lipinski definition) is 4. The summed E-state index contributed by atoms with van der Waals surface area (Å²) in [5, 5.41) is 3.57. The fraction of sp³-hybridized carbons (Fsp3) is 1.00. The molecule has 1 unspecified atom stereocenters. The lowest BCUT2D eigenvalue weighted by Gasteiger charge is -2.39. The Morgan fingerprint density at radius 1 is 1.21 bits per heavy atom. The Morgan fingerprint density at radius 3 is 2.32 bits per heavy atom. The van der Waals surface area contributed by atoms with Gasteiger partial charge >= 0.3 is 0 Å². The van der Waals surface area contributed by atoms with E-state index in [1.165, 1.54) is 25.9 Å². The largest absolute Gasteiger partial charge is 0.383 e. The van der Waals surface area contributed by atoms with Gasteiger partial charge in [0.25, 0.3) is 0 Å². The highest BCUT2D eigenvalue weighted by Crippen LogP contribution is 2.16. The molecule has 1 saturated heterocycles. The van der Waals surface area contributed by atoms with Crippen LogP contribution in [0.2, 0.25) is 0 Å². The summed E-state index contributed by atoms with van der Waals surface area (Å²) in [7, 11) is 6.19. The smallest absolute Gasteiger partial charge is 0.0630 e. The molecule has 0 saturated carbocycles. The Bertz CT molecular complexity index is 225. The van der Waals surface area contributed by atoms with E-state index in [2.05, 4.69) is 43.1 Å². The summed E-state index contributed by atoms with van der Waals surface area (Å²) in [5.74, 6) is 0.711. The second-order valence-corrected chi connectivity index (χ2v) is 6.39. The monoisotopic (exact) mass is 271 g/mol. The van der Waals surface area contributed by atoms with E-state index in [1.807, 2.05) is 7.11 Å². The van der Waals surface area contributed by atoms with Crippen molar-refractivity contribution >= 4 is 0 Å². The van der Waals surface area contributed by atoms with Crippen molar-refractivity contribution in [3.8, 4) is 0 Å². The van der Waals surface area contributed by atoms with Gasteiger partial charge in [0.2, 0.25) is 0 Å². The summed E-state index contributed by atoms with van der Waals surface area (Å²) in [6, 6.07) is 1.27. The van der Waals surface area contributed by atoms with Crippen LogP contribution in [0, 0.1) is 5.92 Å². The van der Waals surface area contributed by atoms with Gasteiger partial charge in [-0.2, -0.15) is 0 Å². The molecule has 1 aliphatic heterocycles. The van der Waals surface area contributed by atoms with Gasteiger partial charge in [-0.1, -0.05) is 13.8 Å². The fourth-order valence-corrected chi connectivity index (χ4v) is 2.79. The molecule has 0 spiro atoms. The second kappa shape index (κ2) is 8.90. The van der Waals surface area contributed by atoms with Crippen LogP contribution in [0.5, 0.6) is 0 Å². The molecule has 1 N–H and O–H groups in total. The first-order valence-electron chi connectivity index (χ1n) is 7.64. The van der Waals surface area contributed by atoms with Gasteiger partial charge in [-0.15, -0.1) is 0 Å². The van der Waals surface area contributed by atoms with Gasteiger partial charge in [0.1, 0.15) is 0 Å². The molecule has 0 aromatic carbocycles. The first kappa shape index (κ1) is 16.9. The van der Waals surface area contributed by atoms with E-state index in [1.54, 1.807) is 0 Å². The summed E-state index contributed by atoms with van der Waals surface area (Å²) >= 11 is 0. The third-order valence-electron chi connectivity index (χ3n) is 4.04. The van der Waals surface area contributed by atoms with Gasteiger partial charge in [-0.25, -0.2) is 0 Å². The topological polar surface area (TPSA) is 27.7 Å². The highest BCUT2D eigenvalue weighted by Gasteiger charge is 2.25. The van der Waals surface area contributed by atoms with Crippen molar-refractivity contribution in [1.82, 2.24) is 15.1 Å². The van der Waals surface area contributed by atoms with E-state index < -0.39 is 0 Å². The van der Waals surface area contributed by atoms with Gasteiger partial charge in [0, 0.05) is 38.8 Å². The van der Waals surface area contributed by atoms with Crippen molar-refractivity contribution in [1.29, 1.82) is 0 Å². The molecular formula is C15H33N3O. The number of nitrogens with one attached hydrogen (secondary N) is 1. The molecule has 0 bridgehead atoms. The SMILES string of the molecule is COCC(CNCC(C)C)N1CCC(N(C)C)CC1. The number of nitrogens with zero attached hydrogens (tertiary/aromatic N) is 2. The second-order valence-electron chi connectivity index (χ2n) is 6.39. The van der Waals surface area contributed by atoms with E-state index in [4.69, 9.17) is 4.74 Å². The average molecular weight is 271 g/mol. The van der Waals surface area contributed by atoms with Gasteiger partial charge in [-0.05, 0) is 39.4 Å². The van der Waals surface area contributed by atoms with Crippen LogP contribution in [0.4, 0.5) is 0 Å². The molecule has 0 aromatic rings. The number of ether oxygens (including phenoxy) is 1. The fourth-order valence-electron chi connectivity index (χ4n) is 2.79. The Morgan fingerprint density at radius 2 is 1.84 bits per heavy atom. The molecular weight excluding hydrogens is 238 g/mol. The molecule has 0 radical (unpaired) electrons. The predicted molar refractivity (Wildman–Crippen MR) is 81.7 cm³/mol. The van der Waals surface area contributed by atoms with Crippen LogP contribution in [0.25, 0.3) is 0 Å². The number of piperidine rings is 1. The third-order valence-corrected chi connectivity index (χ3v) is 4.04. The maximum atomic E-state index is 5.40. The highest BCUT2D eigenvalue weighted by molar-refractivity contribution is 4.82. The summed E-state index contributed by atoms with van der Waals surface area (Å²) < 4.78 is 5.40. The molecule has 1 heterocycles. The van der Waals surface area contributed by atoms with Crippen LogP contribution >= 0.6 is 0 Å². The quantitative estimate of drug-likeness (QED) is 0.719. The van der Waals surface area contributed by atoms with E-state index in [0.29, 0.717) is 12.0 Å². The molecule has 0 aromatic heterocycles. The average Bonchev–Trinajstić information content (AvgIpc) is 2.37. The van der Waals surface area contributed by atoms with Crippen LogP contribution in [0.1, 0.15) is 26.7 Å². The van der Waals surface area contributed by atoms with E-state index >= 15 is 0 Å². The zero-order valence-electron chi connectivity index (χ0n) is 13.5. The van der Waals surface area contributed by atoms with Gasteiger partial charge in [0.15, 0.2) is 0 Å². The predicted octanol–water partition coefficient (Wildman–Crippen LogP) is 1.27. The highest BCUT2D eigenvalue weighted by atomic mass is 16.5. The van der Waals surface area contributed by atoms with Crippen molar-refractivity contribution < 1.29 is 4.74 Å². The van der Waals surface area contributed by atoms with Crippen molar-refractivity contribution in [2.45, 2.75) is 38.8 Å². The van der Waals surface area contributed by atoms with Crippen LogP contribution < -0.4 is 5.32 Å². The number of hydrogen-bond donors (Lipinski definition) is 1. The van der Waals surface area contributed by atoms with Crippen molar-refractivity contribution in [2.24, 2.45) is 5.92 Å². The van der Waals surface area contributed by atoms with Gasteiger partial charge in [-0.3, -0.25) is 4.90 Å². The minimum Gasteiger partial charge on any atom is -0.383 e. The normalized spacial score (nSPS) is 20.4. The molecule has 0 aliphatic carbocycles. The summed E-state index contributed by atoms with van der Waals surface area (Å²) in [6.45, 7) is 9.85. The van der Waals surface area contributed by atoms with E-state index in [-0.39, 0.29) is 0 Å². The zero-order valence-corrected chi connectivity index (χ0v) is 13.5. The lowest BCUT2D eigenvalue weighted by molar-refractivity contribution is 0.0563.